The molecule has 1 saturated heterocycles. The molecule has 1 aromatic rings. The maximum absolute atomic E-state index is 12.0. The number of amides is 1. The first-order valence-electron chi connectivity index (χ1n) is 6.85. The van der Waals surface area contributed by atoms with Crippen molar-refractivity contribution in [3.63, 3.8) is 0 Å². The minimum absolute atomic E-state index is 0.0374. The SMILES string of the molecule is O=C(NCCO)C1=C[C@H](Oc2ccccc2I)[C@H]2O[C@H]2C1. The van der Waals surface area contributed by atoms with Crippen molar-refractivity contribution < 1.29 is 19.4 Å². The number of ether oxygens (including phenoxy) is 2. The van der Waals surface area contributed by atoms with Crippen LogP contribution in [0, 0.1) is 3.57 Å². The standard InChI is InChI=1S/C15H16INO4/c16-10-3-1-2-4-11(10)20-12-7-9(8-13-14(12)21-13)15(19)17-5-6-18/h1-4,7,12-14,18H,5-6,8H2,(H,17,19)/t12-,13-,14+/m0/s1. The van der Waals surface area contributed by atoms with Gasteiger partial charge in [0.2, 0.25) is 5.91 Å². The van der Waals surface area contributed by atoms with Crippen LogP contribution in [0.1, 0.15) is 6.42 Å². The molecule has 0 radical (unpaired) electrons. The van der Waals surface area contributed by atoms with E-state index in [4.69, 9.17) is 14.6 Å². The number of benzene rings is 1. The molecule has 0 unspecified atom stereocenters. The number of carbonyl (C=O) groups is 1. The Morgan fingerprint density at radius 3 is 3.05 bits per heavy atom. The smallest absolute Gasteiger partial charge is 0.247 e. The molecule has 1 aromatic carbocycles. The van der Waals surface area contributed by atoms with Crippen LogP contribution in [0.15, 0.2) is 35.9 Å². The number of rotatable bonds is 5. The third kappa shape index (κ3) is 3.38. The fourth-order valence-corrected chi connectivity index (χ4v) is 2.94. The number of fused-ring (bicyclic) bond motifs is 1. The number of halogens is 1. The minimum Gasteiger partial charge on any atom is -0.482 e. The van der Waals surface area contributed by atoms with Gasteiger partial charge in [0.1, 0.15) is 18.0 Å². The minimum atomic E-state index is -0.241. The van der Waals surface area contributed by atoms with E-state index in [1.807, 2.05) is 30.3 Å². The summed E-state index contributed by atoms with van der Waals surface area (Å²) in [5.41, 5.74) is 0.665. The summed E-state index contributed by atoms with van der Waals surface area (Å²) < 4.78 is 12.6. The van der Waals surface area contributed by atoms with Crippen LogP contribution in [0.25, 0.3) is 0 Å². The quantitative estimate of drug-likeness (QED) is 0.576. The van der Waals surface area contributed by atoms with Gasteiger partial charge in [0.25, 0.3) is 0 Å². The first-order chi connectivity index (χ1) is 10.2. The summed E-state index contributed by atoms with van der Waals surface area (Å²) in [4.78, 5) is 12.0. The summed E-state index contributed by atoms with van der Waals surface area (Å²) in [5, 5.41) is 11.4. The van der Waals surface area contributed by atoms with Crippen molar-refractivity contribution in [3.05, 3.63) is 39.5 Å². The zero-order valence-corrected chi connectivity index (χ0v) is 13.4. The van der Waals surface area contributed by atoms with Gasteiger partial charge in [-0.25, -0.2) is 0 Å². The lowest BCUT2D eigenvalue weighted by Gasteiger charge is -2.20. The highest BCUT2D eigenvalue weighted by Crippen LogP contribution is 2.38. The maximum atomic E-state index is 12.0. The van der Waals surface area contributed by atoms with Gasteiger partial charge in [0.05, 0.1) is 16.3 Å². The van der Waals surface area contributed by atoms with Crippen molar-refractivity contribution >= 4 is 28.5 Å². The number of aliphatic hydroxyl groups is 1. The van der Waals surface area contributed by atoms with Crippen LogP contribution in [0.5, 0.6) is 5.75 Å². The fourth-order valence-electron chi connectivity index (χ4n) is 2.43. The third-order valence-electron chi connectivity index (χ3n) is 3.52. The predicted octanol–water partition coefficient (Wildman–Crippen LogP) is 1.24. The number of hydrogen-bond acceptors (Lipinski definition) is 4. The number of hydrogen-bond donors (Lipinski definition) is 2. The number of carbonyl (C=O) groups excluding carboxylic acids is 1. The Morgan fingerprint density at radius 2 is 2.29 bits per heavy atom. The van der Waals surface area contributed by atoms with Gasteiger partial charge in [-0.2, -0.15) is 0 Å². The van der Waals surface area contributed by atoms with Crippen LogP contribution < -0.4 is 10.1 Å². The lowest BCUT2D eigenvalue weighted by Crippen LogP contribution is -2.33. The van der Waals surface area contributed by atoms with E-state index in [1.54, 1.807) is 0 Å². The normalized spacial score (nSPS) is 26.6. The average Bonchev–Trinajstić information content (AvgIpc) is 3.26. The van der Waals surface area contributed by atoms with Gasteiger partial charge in [-0.3, -0.25) is 4.79 Å². The van der Waals surface area contributed by atoms with E-state index in [-0.39, 0.29) is 37.4 Å². The van der Waals surface area contributed by atoms with Gasteiger partial charge in [0.15, 0.2) is 0 Å². The maximum Gasteiger partial charge on any atom is 0.247 e. The molecular weight excluding hydrogens is 385 g/mol. The highest BCUT2D eigenvalue weighted by molar-refractivity contribution is 14.1. The van der Waals surface area contributed by atoms with Gasteiger partial charge in [0, 0.05) is 18.5 Å². The third-order valence-corrected chi connectivity index (χ3v) is 4.41. The summed E-state index contributed by atoms with van der Waals surface area (Å²) in [5.74, 6) is 0.639. The monoisotopic (exact) mass is 401 g/mol. The number of epoxide rings is 1. The molecule has 1 fully saturated rings. The number of aliphatic hydroxyl groups excluding tert-OH is 1. The van der Waals surface area contributed by atoms with Crippen LogP contribution in [0.2, 0.25) is 0 Å². The first kappa shape index (κ1) is 14.8. The topological polar surface area (TPSA) is 71.1 Å². The molecule has 5 nitrogen and oxygen atoms in total. The Labute approximate surface area is 136 Å². The Balaban J connectivity index is 1.72. The lowest BCUT2D eigenvalue weighted by molar-refractivity contribution is -0.117. The van der Waals surface area contributed by atoms with Crippen LogP contribution in [0.4, 0.5) is 0 Å². The van der Waals surface area contributed by atoms with Gasteiger partial charge >= 0.3 is 0 Å². The highest BCUT2D eigenvalue weighted by atomic mass is 127. The number of nitrogens with one attached hydrogen (secondary N) is 1. The van der Waals surface area contributed by atoms with E-state index < -0.39 is 0 Å². The molecule has 0 bridgehead atoms. The largest absolute Gasteiger partial charge is 0.482 e. The zero-order chi connectivity index (χ0) is 14.8. The Hall–Kier alpha value is -1.12. The molecule has 1 aliphatic carbocycles. The van der Waals surface area contributed by atoms with Crippen LogP contribution in [0.3, 0.4) is 0 Å². The zero-order valence-electron chi connectivity index (χ0n) is 11.3. The molecule has 3 atom stereocenters. The highest BCUT2D eigenvalue weighted by Gasteiger charge is 2.49. The summed E-state index contributed by atoms with van der Waals surface area (Å²) in [6.07, 6.45) is 2.30. The molecule has 0 aromatic heterocycles. The second-order valence-corrected chi connectivity index (χ2v) is 6.19. The molecule has 2 N–H and O–H groups in total. The number of para-hydroxylation sites is 1. The molecule has 3 rings (SSSR count). The van der Waals surface area contributed by atoms with E-state index in [0.717, 1.165) is 9.32 Å². The van der Waals surface area contributed by atoms with Crippen LogP contribution in [-0.2, 0) is 9.53 Å². The predicted molar refractivity (Wildman–Crippen MR) is 85.0 cm³/mol. The van der Waals surface area contributed by atoms with E-state index in [1.165, 1.54) is 0 Å². The van der Waals surface area contributed by atoms with Crippen molar-refractivity contribution in [3.8, 4) is 5.75 Å². The first-order valence-corrected chi connectivity index (χ1v) is 7.93. The molecule has 0 saturated carbocycles. The van der Waals surface area contributed by atoms with Gasteiger partial charge in [-0.15, -0.1) is 0 Å². The summed E-state index contributed by atoms with van der Waals surface area (Å²) in [6, 6.07) is 7.76. The van der Waals surface area contributed by atoms with Crippen LogP contribution >= 0.6 is 22.6 Å². The van der Waals surface area contributed by atoms with Crippen LogP contribution in [-0.4, -0.2) is 42.5 Å². The van der Waals surface area contributed by atoms with Crippen molar-refractivity contribution in [2.75, 3.05) is 13.2 Å². The lowest BCUT2D eigenvalue weighted by atomic mass is 9.96. The van der Waals surface area contributed by atoms with Gasteiger partial charge < -0.3 is 19.9 Å². The van der Waals surface area contributed by atoms with Crippen molar-refractivity contribution in [1.29, 1.82) is 0 Å². The van der Waals surface area contributed by atoms with Gasteiger partial charge in [-0.05, 0) is 40.8 Å². The average molecular weight is 401 g/mol. The second-order valence-electron chi connectivity index (χ2n) is 5.03. The fraction of sp³-hybridized carbons (Fsp3) is 0.400. The molecule has 21 heavy (non-hydrogen) atoms. The Kier molecular flexibility index (Phi) is 4.46. The molecule has 1 amide bonds. The summed E-state index contributed by atoms with van der Waals surface area (Å²) in [6.45, 7) is 0.191. The van der Waals surface area contributed by atoms with E-state index in [2.05, 4.69) is 27.9 Å². The van der Waals surface area contributed by atoms with E-state index >= 15 is 0 Å². The molecule has 1 heterocycles. The second kappa shape index (κ2) is 6.33. The molecule has 112 valence electrons. The summed E-state index contributed by atoms with van der Waals surface area (Å²) >= 11 is 2.22. The van der Waals surface area contributed by atoms with Gasteiger partial charge in [-0.1, -0.05) is 12.1 Å². The molecule has 1 aliphatic heterocycles. The molecular formula is C15H16INO4. The molecule has 0 spiro atoms. The summed E-state index contributed by atoms with van der Waals surface area (Å²) in [7, 11) is 0. The molecule has 2 aliphatic rings. The Morgan fingerprint density at radius 1 is 1.48 bits per heavy atom. The van der Waals surface area contributed by atoms with Crippen molar-refractivity contribution in [1.82, 2.24) is 5.32 Å². The van der Waals surface area contributed by atoms with Crippen molar-refractivity contribution in [2.24, 2.45) is 0 Å². The molecule has 6 heteroatoms. The van der Waals surface area contributed by atoms with E-state index in [9.17, 15) is 4.79 Å². The van der Waals surface area contributed by atoms with E-state index in [0.29, 0.717) is 12.0 Å². The Bertz CT molecular complexity index is 575. The van der Waals surface area contributed by atoms with Crippen molar-refractivity contribution in [2.45, 2.75) is 24.7 Å².